The zero-order chi connectivity index (χ0) is 22.9. The first kappa shape index (κ1) is 21.8. The number of aromatic amines is 1. The van der Waals surface area contributed by atoms with Gasteiger partial charge in [-0.05, 0) is 74.5 Å². The first-order valence-electron chi connectivity index (χ1n) is 11.7. The number of fused-ring (bicyclic) bond motifs is 2. The van der Waals surface area contributed by atoms with Crippen LogP contribution >= 0.6 is 0 Å². The minimum absolute atomic E-state index is 0.174. The number of halogens is 1. The van der Waals surface area contributed by atoms with E-state index in [-0.39, 0.29) is 11.9 Å². The molecule has 6 nitrogen and oxygen atoms in total. The van der Waals surface area contributed by atoms with Gasteiger partial charge in [-0.3, -0.25) is 9.69 Å². The third-order valence-electron chi connectivity index (χ3n) is 7.17. The molecule has 7 heteroatoms. The van der Waals surface area contributed by atoms with Crippen molar-refractivity contribution >= 4 is 16.8 Å². The van der Waals surface area contributed by atoms with Crippen LogP contribution < -0.4 is 15.2 Å². The van der Waals surface area contributed by atoms with Crippen molar-refractivity contribution in [2.45, 2.75) is 50.6 Å². The number of nitrogens with one attached hydrogen (secondary N) is 1. The number of methoxy groups -OCH3 is 1. The number of aromatic nitrogens is 1. The normalized spacial score (nSPS) is 18.1. The van der Waals surface area contributed by atoms with Gasteiger partial charge >= 0.3 is 0 Å². The van der Waals surface area contributed by atoms with Gasteiger partial charge in [-0.1, -0.05) is 6.42 Å². The largest absolute Gasteiger partial charge is 0.493 e. The van der Waals surface area contributed by atoms with Crippen molar-refractivity contribution in [3.8, 4) is 11.5 Å². The molecule has 2 heterocycles. The molecule has 1 saturated carbocycles. The molecule has 3 N–H and O–H groups in total. The molecule has 1 amide bonds. The van der Waals surface area contributed by atoms with Crippen molar-refractivity contribution in [2.75, 3.05) is 20.3 Å². The summed E-state index contributed by atoms with van der Waals surface area (Å²) in [5, 5.41) is 0.957. The number of primary amides is 1. The zero-order valence-electron chi connectivity index (χ0n) is 18.9. The summed E-state index contributed by atoms with van der Waals surface area (Å²) in [5.41, 5.74) is 9.11. The average Bonchev–Trinajstić information content (AvgIpc) is 3.17. The zero-order valence-corrected chi connectivity index (χ0v) is 18.9. The molecule has 2 aromatic carbocycles. The third kappa shape index (κ3) is 4.17. The first-order chi connectivity index (χ1) is 16.0. The smallest absolute Gasteiger partial charge is 0.249 e. The van der Waals surface area contributed by atoms with E-state index in [1.807, 2.05) is 6.20 Å². The van der Waals surface area contributed by atoms with E-state index in [4.69, 9.17) is 15.2 Å². The molecule has 1 aliphatic heterocycles. The van der Waals surface area contributed by atoms with Crippen LogP contribution in [-0.4, -0.2) is 48.1 Å². The number of carbonyl (C=O) groups excluding carboxylic acids is 1. The second kappa shape index (κ2) is 9.06. The minimum atomic E-state index is -0.445. The van der Waals surface area contributed by atoms with Gasteiger partial charge in [0.05, 0.1) is 7.11 Å². The van der Waals surface area contributed by atoms with Gasteiger partial charge < -0.3 is 20.2 Å². The van der Waals surface area contributed by atoms with Gasteiger partial charge in [0.15, 0.2) is 11.5 Å². The molecule has 1 aliphatic carbocycles. The monoisotopic (exact) mass is 451 g/mol. The molecule has 5 rings (SSSR count). The highest BCUT2D eigenvalue weighted by atomic mass is 19.1. The molecule has 0 spiro atoms. The fourth-order valence-electron chi connectivity index (χ4n) is 5.24. The summed E-state index contributed by atoms with van der Waals surface area (Å²) in [6, 6.07) is 9.06. The van der Waals surface area contributed by atoms with Crippen LogP contribution in [0.1, 0.15) is 47.2 Å². The average molecular weight is 452 g/mol. The number of nitrogens with two attached hydrogens (primary N) is 1. The summed E-state index contributed by atoms with van der Waals surface area (Å²) in [6.45, 7) is 1.48. The molecule has 3 aromatic rings. The van der Waals surface area contributed by atoms with E-state index in [9.17, 15) is 9.18 Å². The number of carbonyl (C=O) groups is 1. The quantitative estimate of drug-likeness (QED) is 0.538. The summed E-state index contributed by atoms with van der Waals surface area (Å²) in [5.74, 6) is 0.618. The molecule has 1 atom stereocenters. The summed E-state index contributed by atoms with van der Waals surface area (Å²) < 4.78 is 25.3. The second-order valence-electron chi connectivity index (χ2n) is 9.09. The Hall–Kier alpha value is -3.06. The van der Waals surface area contributed by atoms with E-state index >= 15 is 0 Å². The lowest BCUT2D eigenvalue weighted by atomic mass is 9.87. The number of nitrogens with zero attached hydrogens (tertiary/aromatic N) is 1. The Labute approximate surface area is 192 Å². The van der Waals surface area contributed by atoms with Crippen LogP contribution in [0.4, 0.5) is 4.39 Å². The Morgan fingerprint density at radius 2 is 2.12 bits per heavy atom. The summed E-state index contributed by atoms with van der Waals surface area (Å²) >= 11 is 0. The van der Waals surface area contributed by atoms with E-state index in [0.29, 0.717) is 36.1 Å². The summed E-state index contributed by atoms with van der Waals surface area (Å²) in [6.07, 6.45) is 8.14. The van der Waals surface area contributed by atoms with Crippen LogP contribution in [0.25, 0.3) is 10.9 Å². The van der Waals surface area contributed by atoms with Crippen molar-refractivity contribution in [1.29, 1.82) is 0 Å². The van der Waals surface area contributed by atoms with Crippen molar-refractivity contribution in [1.82, 2.24) is 9.88 Å². The number of aryl methyl sites for hydroxylation is 1. The molecule has 1 fully saturated rings. The topological polar surface area (TPSA) is 80.6 Å². The number of amides is 1. The fourth-order valence-corrected chi connectivity index (χ4v) is 5.24. The molecular weight excluding hydrogens is 421 g/mol. The van der Waals surface area contributed by atoms with Crippen LogP contribution in [0.3, 0.4) is 0 Å². The van der Waals surface area contributed by atoms with Crippen molar-refractivity contribution in [3.63, 3.8) is 0 Å². The van der Waals surface area contributed by atoms with E-state index < -0.39 is 5.91 Å². The van der Waals surface area contributed by atoms with Gasteiger partial charge in [0.25, 0.3) is 0 Å². The van der Waals surface area contributed by atoms with Crippen LogP contribution in [0.2, 0.25) is 0 Å². The third-order valence-corrected chi connectivity index (χ3v) is 7.17. The number of hydrogen-bond acceptors (Lipinski definition) is 4. The Bertz CT molecular complexity index is 1170. The predicted octanol–water partition coefficient (Wildman–Crippen LogP) is 4.21. The molecule has 1 aromatic heterocycles. The van der Waals surface area contributed by atoms with Gasteiger partial charge in [0.2, 0.25) is 5.91 Å². The van der Waals surface area contributed by atoms with Crippen molar-refractivity contribution in [2.24, 2.45) is 5.73 Å². The first-order valence-corrected chi connectivity index (χ1v) is 11.7. The molecule has 2 aliphatic rings. The Morgan fingerprint density at radius 3 is 2.85 bits per heavy atom. The SMILES string of the molecule is COc1ccc(C(N)=O)c2c1OCC(N(CCCc1c[nH]c3ccc(F)cc13)C1CCC1)C2. The minimum Gasteiger partial charge on any atom is -0.493 e. The van der Waals surface area contributed by atoms with Crippen molar-refractivity contribution < 1.29 is 18.7 Å². The van der Waals surface area contributed by atoms with E-state index in [0.717, 1.165) is 41.4 Å². The van der Waals surface area contributed by atoms with Gasteiger partial charge in [-0.2, -0.15) is 0 Å². The Morgan fingerprint density at radius 1 is 1.27 bits per heavy atom. The highest BCUT2D eigenvalue weighted by Crippen LogP contribution is 2.39. The second-order valence-corrected chi connectivity index (χ2v) is 9.09. The van der Waals surface area contributed by atoms with E-state index in [2.05, 4.69) is 9.88 Å². The molecule has 174 valence electrons. The van der Waals surface area contributed by atoms with Gasteiger partial charge in [-0.25, -0.2) is 4.39 Å². The van der Waals surface area contributed by atoms with E-state index in [1.165, 1.54) is 25.3 Å². The maximum atomic E-state index is 13.7. The summed E-state index contributed by atoms with van der Waals surface area (Å²) in [4.78, 5) is 17.9. The Balaban J connectivity index is 1.33. The molecule has 0 saturated heterocycles. The van der Waals surface area contributed by atoms with Crippen LogP contribution in [-0.2, 0) is 12.8 Å². The van der Waals surface area contributed by atoms with Crippen LogP contribution in [0, 0.1) is 5.82 Å². The Kier molecular flexibility index (Phi) is 5.98. The van der Waals surface area contributed by atoms with Crippen LogP contribution in [0.15, 0.2) is 36.5 Å². The highest BCUT2D eigenvalue weighted by molar-refractivity contribution is 5.95. The fraction of sp³-hybridized carbons (Fsp3) is 0.423. The number of hydrogen-bond donors (Lipinski definition) is 2. The maximum Gasteiger partial charge on any atom is 0.249 e. The number of ether oxygens (including phenoxy) is 2. The molecule has 0 bridgehead atoms. The van der Waals surface area contributed by atoms with Crippen molar-refractivity contribution in [3.05, 3.63) is 59.0 Å². The number of rotatable bonds is 8. The lowest BCUT2D eigenvalue weighted by molar-refractivity contribution is 0.0426. The highest BCUT2D eigenvalue weighted by Gasteiger charge is 2.35. The molecule has 1 unspecified atom stereocenters. The number of H-pyrrole nitrogens is 1. The lowest BCUT2D eigenvalue weighted by Crippen LogP contribution is -2.51. The van der Waals surface area contributed by atoms with Gasteiger partial charge in [-0.15, -0.1) is 0 Å². The van der Waals surface area contributed by atoms with Gasteiger partial charge in [0, 0.05) is 40.3 Å². The van der Waals surface area contributed by atoms with Crippen LogP contribution in [0.5, 0.6) is 11.5 Å². The maximum absolute atomic E-state index is 13.7. The molecule has 0 radical (unpaired) electrons. The molecular formula is C26H30FN3O3. The lowest BCUT2D eigenvalue weighted by Gasteiger charge is -2.44. The molecule has 33 heavy (non-hydrogen) atoms. The summed E-state index contributed by atoms with van der Waals surface area (Å²) in [7, 11) is 1.60. The standard InChI is InChI=1S/C26H30FN3O3/c1-32-24-10-8-20(26(28)31)22-13-19(15-33-25(22)24)30(18-5-2-6-18)11-3-4-16-14-29-23-9-7-17(27)12-21(16)23/h7-10,12,14,18-19,29H,2-6,11,13,15H2,1H3,(H2,28,31). The predicted molar refractivity (Wildman–Crippen MR) is 125 cm³/mol. The van der Waals surface area contributed by atoms with Gasteiger partial charge in [0.1, 0.15) is 12.4 Å². The van der Waals surface area contributed by atoms with E-state index in [1.54, 1.807) is 31.4 Å². The number of benzene rings is 2.